The van der Waals surface area contributed by atoms with Gasteiger partial charge in [-0.05, 0) is 29.7 Å². The molecule has 5 nitrogen and oxygen atoms in total. The topological polar surface area (TPSA) is 75.6 Å². The van der Waals surface area contributed by atoms with Crippen LogP contribution >= 0.6 is 11.6 Å². The first-order valence-corrected chi connectivity index (χ1v) is 10.1. The molecule has 0 fully saturated rings. The minimum atomic E-state index is -1.07. The normalized spacial score (nSPS) is 13.4. The van der Waals surface area contributed by atoms with Crippen molar-refractivity contribution in [1.82, 2.24) is 5.32 Å². The molecule has 0 aliphatic carbocycles. The van der Waals surface area contributed by atoms with Gasteiger partial charge in [-0.3, -0.25) is 0 Å². The number of benzene rings is 2. The molecule has 1 amide bonds. The molecule has 6 heteroatoms. The summed E-state index contributed by atoms with van der Waals surface area (Å²) in [4.78, 5) is 24.1. The van der Waals surface area contributed by atoms with Crippen LogP contribution in [0.1, 0.15) is 57.3 Å². The van der Waals surface area contributed by atoms with Crippen molar-refractivity contribution in [1.29, 1.82) is 0 Å². The average molecular weight is 418 g/mol. The van der Waals surface area contributed by atoms with Crippen molar-refractivity contribution in [3.8, 4) is 0 Å². The lowest BCUT2D eigenvalue weighted by Gasteiger charge is -2.35. The number of carbonyl (C=O) groups is 2. The molecule has 156 valence electrons. The van der Waals surface area contributed by atoms with Gasteiger partial charge in [0, 0.05) is 10.4 Å². The van der Waals surface area contributed by atoms with Crippen LogP contribution in [0.25, 0.3) is 0 Å². The Balaban J connectivity index is 2.29. The van der Waals surface area contributed by atoms with Gasteiger partial charge in [-0.1, -0.05) is 87.7 Å². The predicted molar refractivity (Wildman–Crippen MR) is 114 cm³/mol. The van der Waals surface area contributed by atoms with Gasteiger partial charge in [0.25, 0.3) is 0 Å². The zero-order chi connectivity index (χ0) is 21.4. The summed E-state index contributed by atoms with van der Waals surface area (Å²) in [5, 5.41) is 12.5. The van der Waals surface area contributed by atoms with Gasteiger partial charge in [-0.2, -0.15) is 0 Å². The van der Waals surface area contributed by atoms with Crippen LogP contribution in [-0.4, -0.2) is 23.2 Å². The molecular weight excluding hydrogens is 390 g/mol. The molecule has 2 aromatic carbocycles. The maximum absolute atomic E-state index is 12.6. The number of ether oxygens (including phenoxy) is 1. The van der Waals surface area contributed by atoms with Gasteiger partial charge >= 0.3 is 12.1 Å². The summed E-state index contributed by atoms with van der Waals surface area (Å²) in [5.74, 6) is -1.07. The Morgan fingerprint density at radius 3 is 2.41 bits per heavy atom. The molecule has 0 saturated heterocycles. The van der Waals surface area contributed by atoms with Crippen LogP contribution in [0.5, 0.6) is 0 Å². The van der Waals surface area contributed by atoms with Crippen molar-refractivity contribution in [2.45, 2.75) is 57.6 Å². The summed E-state index contributed by atoms with van der Waals surface area (Å²) in [6, 6.07) is 15.9. The molecule has 0 saturated carbocycles. The van der Waals surface area contributed by atoms with E-state index >= 15 is 0 Å². The fourth-order valence-corrected chi connectivity index (χ4v) is 3.44. The number of alkyl carbamates (subject to hydrolysis) is 1. The van der Waals surface area contributed by atoms with Gasteiger partial charge in [-0.25, -0.2) is 9.59 Å². The summed E-state index contributed by atoms with van der Waals surface area (Å²) in [6.45, 7) is 5.90. The van der Waals surface area contributed by atoms with Crippen LogP contribution in [-0.2, 0) is 14.9 Å². The van der Waals surface area contributed by atoms with Crippen LogP contribution in [0.15, 0.2) is 54.6 Å². The summed E-state index contributed by atoms with van der Waals surface area (Å²) >= 11 is 6.17. The van der Waals surface area contributed by atoms with Gasteiger partial charge in [0.15, 0.2) is 0 Å². The van der Waals surface area contributed by atoms with Crippen LogP contribution in [0.2, 0.25) is 5.02 Å². The smallest absolute Gasteiger partial charge is 0.408 e. The van der Waals surface area contributed by atoms with E-state index in [9.17, 15) is 14.7 Å². The molecular formula is C23H28ClNO4. The summed E-state index contributed by atoms with van der Waals surface area (Å²) in [5.41, 5.74) is 1.12. The number of carboxylic acid groups (broad SMARTS) is 1. The van der Waals surface area contributed by atoms with Crippen LogP contribution < -0.4 is 5.32 Å². The van der Waals surface area contributed by atoms with E-state index in [1.54, 1.807) is 6.07 Å². The Kier molecular flexibility index (Phi) is 8.09. The lowest BCUT2D eigenvalue weighted by atomic mass is 9.76. The highest BCUT2D eigenvalue weighted by atomic mass is 35.5. The number of nitrogens with one attached hydrogen (secondary N) is 1. The van der Waals surface area contributed by atoms with E-state index in [4.69, 9.17) is 16.3 Å². The molecule has 2 N–H and O–H groups in total. The van der Waals surface area contributed by atoms with Gasteiger partial charge < -0.3 is 15.2 Å². The minimum absolute atomic E-state index is 0.356. The molecule has 0 aliphatic rings. The van der Waals surface area contributed by atoms with E-state index in [2.05, 4.69) is 5.32 Å². The first-order valence-electron chi connectivity index (χ1n) is 9.76. The second kappa shape index (κ2) is 10.3. The number of carboxylic acids is 1. The number of rotatable bonds is 9. The molecule has 2 atom stereocenters. The Labute approximate surface area is 177 Å². The fraction of sp³-hybridized carbons (Fsp3) is 0.391. The quantitative estimate of drug-likeness (QED) is 0.546. The third kappa shape index (κ3) is 6.23. The Bertz CT molecular complexity index is 823. The number of amides is 1. The standard InChI is InChI=1S/C23H28ClNO4/c1-4-5-14-19(21(26)27)25-22(28)29-20(16-10-7-6-8-11-16)23(2,3)17-12-9-13-18(24)15-17/h6-13,15,19-20H,4-5,14H2,1-3H3,(H,25,28)(H,26,27)/t19-,20+/m0/s1. The lowest BCUT2D eigenvalue weighted by molar-refractivity contribution is -0.139. The van der Waals surface area contributed by atoms with Crippen molar-refractivity contribution in [3.63, 3.8) is 0 Å². The number of unbranched alkanes of at least 4 members (excludes halogenated alkanes) is 1. The van der Waals surface area contributed by atoms with Gasteiger partial charge in [0.05, 0.1) is 0 Å². The summed E-state index contributed by atoms with van der Waals surface area (Å²) in [6.07, 6.45) is 0.511. The molecule has 29 heavy (non-hydrogen) atoms. The molecule has 2 rings (SSSR count). The maximum Gasteiger partial charge on any atom is 0.408 e. The zero-order valence-corrected chi connectivity index (χ0v) is 17.8. The van der Waals surface area contributed by atoms with Crippen LogP contribution in [0, 0.1) is 0 Å². The van der Waals surface area contributed by atoms with Crippen molar-refractivity contribution in [3.05, 3.63) is 70.7 Å². The van der Waals surface area contributed by atoms with Crippen molar-refractivity contribution >= 4 is 23.7 Å². The number of carbonyl (C=O) groups excluding carboxylic acids is 1. The lowest BCUT2D eigenvalue weighted by Crippen LogP contribution is -2.43. The highest BCUT2D eigenvalue weighted by molar-refractivity contribution is 6.30. The summed E-state index contributed by atoms with van der Waals surface area (Å²) in [7, 11) is 0. The van der Waals surface area contributed by atoms with E-state index in [-0.39, 0.29) is 0 Å². The Morgan fingerprint density at radius 2 is 1.83 bits per heavy atom. The minimum Gasteiger partial charge on any atom is -0.480 e. The number of hydrogen-bond donors (Lipinski definition) is 2. The SMILES string of the molecule is CCCC[C@H](NC(=O)O[C@H](c1ccccc1)C(C)(C)c1cccc(Cl)c1)C(=O)O. The van der Waals surface area contributed by atoms with E-state index in [1.165, 1.54) is 0 Å². The van der Waals surface area contributed by atoms with Gasteiger partial charge in [0.2, 0.25) is 0 Å². The second-order valence-electron chi connectivity index (χ2n) is 7.61. The zero-order valence-electron chi connectivity index (χ0n) is 17.0. The number of aliphatic carboxylic acids is 1. The van der Waals surface area contributed by atoms with Crippen molar-refractivity contribution in [2.24, 2.45) is 0 Å². The highest BCUT2D eigenvalue weighted by Crippen LogP contribution is 2.40. The molecule has 0 aromatic heterocycles. The first-order chi connectivity index (χ1) is 13.8. The third-order valence-electron chi connectivity index (χ3n) is 4.99. The molecule has 0 heterocycles. The van der Waals surface area contributed by atoms with Crippen molar-refractivity contribution in [2.75, 3.05) is 0 Å². The monoisotopic (exact) mass is 417 g/mol. The fourth-order valence-electron chi connectivity index (χ4n) is 3.25. The third-order valence-corrected chi connectivity index (χ3v) is 5.22. The van der Waals surface area contributed by atoms with E-state index in [0.29, 0.717) is 17.9 Å². The van der Waals surface area contributed by atoms with Gasteiger partial charge in [0.1, 0.15) is 12.1 Å². The molecule has 0 radical (unpaired) electrons. The van der Waals surface area contributed by atoms with E-state index < -0.39 is 29.6 Å². The molecule has 0 aliphatic heterocycles. The van der Waals surface area contributed by atoms with Gasteiger partial charge in [-0.15, -0.1) is 0 Å². The second-order valence-corrected chi connectivity index (χ2v) is 8.04. The largest absolute Gasteiger partial charge is 0.480 e. The van der Waals surface area contributed by atoms with E-state index in [0.717, 1.165) is 17.5 Å². The molecule has 0 spiro atoms. The summed E-state index contributed by atoms with van der Waals surface area (Å²) < 4.78 is 5.80. The Morgan fingerprint density at radius 1 is 1.14 bits per heavy atom. The molecule has 0 unspecified atom stereocenters. The van der Waals surface area contributed by atoms with Crippen molar-refractivity contribution < 1.29 is 19.4 Å². The molecule has 2 aromatic rings. The number of halogens is 1. The predicted octanol–water partition coefficient (Wildman–Crippen LogP) is 5.73. The Hall–Kier alpha value is -2.53. The van der Waals surface area contributed by atoms with E-state index in [1.807, 2.05) is 69.3 Å². The van der Waals surface area contributed by atoms with Crippen LogP contribution in [0.4, 0.5) is 4.79 Å². The number of hydrogen-bond acceptors (Lipinski definition) is 3. The first kappa shape index (κ1) is 22.8. The maximum atomic E-state index is 12.6. The van der Waals surface area contributed by atoms with Crippen LogP contribution in [0.3, 0.4) is 0 Å². The average Bonchev–Trinajstić information content (AvgIpc) is 2.69. The molecule has 0 bridgehead atoms. The highest BCUT2D eigenvalue weighted by Gasteiger charge is 2.36.